The molecule has 1 atom stereocenters. The number of rotatable bonds is 10. The van der Waals surface area contributed by atoms with Crippen molar-refractivity contribution < 1.29 is 28.7 Å². The van der Waals surface area contributed by atoms with Crippen molar-refractivity contribution in [2.45, 2.75) is 78.0 Å². The highest BCUT2D eigenvalue weighted by atomic mass is 35.5. The summed E-state index contributed by atoms with van der Waals surface area (Å²) < 4.78 is 6.33. The molecule has 0 aromatic heterocycles. The molecule has 2 heterocycles. The number of halogens is 1. The molecule has 0 spiro atoms. The molecule has 1 saturated carbocycles. The number of nitrogens with one attached hydrogen (secondary N) is 3. The van der Waals surface area contributed by atoms with Crippen LogP contribution in [0.5, 0.6) is 5.75 Å². The van der Waals surface area contributed by atoms with Crippen LogP contribution in [0, 0.1) is 34.0 Å². The Morgan fingerprint density at radius 1 is 0.962 bits per heavy atom. The number of fused-ring (bicyclic) bond motifs is 1. The number of carbonyl (C=O) groups excluding carboxylic acids is 5. The van der Waals surface area contributed by atoms with E-state index in [-0.39, 0.29) is 52.9 Å². The number of ether oxygens (including phenoxy) is 1. The highest BCUT2D eigenvalue weighted by Crippen LogP contribution is 2.55. The van der Waals surface area contributed by atoms with Crippen LogP contribution in [0.25, 0.3) is 0 Å². The van der Waals surface area contributed by atoms with Crippen LogP contribution in [0.3, 0.4) is 0 Å². The topological polar surface area (TPSA) is 158 Å². The largest absolute Gasteiger partial charge is 0.489 e. The molecule has 6 rings (SSSR count). The lowest BCUT2D eigenvalue weighted by molar-refractivity contribution is -0.164. The zero-order valence-corrected chi connectivity index (χ0v) is 30.7. The SMILES string of the molecule is CC1(C)[C@H](NC(=O)c2ccc(NCCCCC#Cc3ccc4c(c3)C(=O)N(C3CCC(=O)NC3=O)C4=O)cc2)C(C)(C)[C@H]1Oc1ccc(C#N)c(Cl)c1. The first-order valence-electron chi connectivity index (χ1n) is 17.6. The van der Waals surface area contributed by atoms with Crippen LogP contribution < -0.4 is 20.7 Å². The minimum absolute atomic E-state index is 0.0677. The van der Waals surface area contributed by atoms with Gasteiger partial charge in [0.15, 0.2) is 0 Å². The number of nitrogens with zero attached hydrogens (tertiary/aromatic N) is 2. The molecule has 2 fully saturated rings. The number of benzene rings is 3. The van der Waals surface area contributed by atoms with Crippen LogP contribution in [-0.4, -0.2) is 59.2 Å². The number of nitriles is 1. The van der Waals surface area contributed by atoms with Crippen molar-refractivity contribution in [1.82, 2.24) is 15.5 Å². The smallest absolute Gasteiger partial charge is 0.262 e. The third-order valence-electron chi connectivity index (χ3n) is 10.3. The summed E-state index contributed by atoms with van der Waals surface area (Å²) >= 11 is 6.21. The van der Waals surface area contributed by atoms with E-state index in [9.17, 15) is 24.0 Å². The summed E-state index contributed by atoms with van der Waals surface area (Å²) in [5.41, 5.74) is 2.14. The number of hydrogen-bond donors (Lipinski definition) is 3. The highest BCUT2D eigenvalue weighted by molar-refractivity contribution is 6.31. The number of anilines is 1. The second-order valence-corrected chi connectivity index (χ2v) is 15.2. The number of carbonyl (C=O) groups is 5. The molecule has 3 aromatic carbocycles. The minimum atomic E-state index is -1.00. The minimum Gasteiger partial charge on any atom is -0.489 e. The van der Waals surface area contributed by atoms with E-state index in [2.05, 4.69) is 61.6 Å². The zero-order valence-electron chi connectivity index (χ0n) is 30.0. The lowest BCUT2D eigenvalue weighted by atomic mass is 9.49. The van der Waals surface area contributed by atoms with Crippen molar-refractivity contribution in [2.75, 3.05) is 11.9 Å². The van der Waals surface area contributed by atoms with E-state index in [0.717, 1.165) is 30.0 Å². The summed E-state index contributed by atoms with van der Waals surface area (Å²) in [7, 11) is 0. The standard InChI is InChI=1S/C41H40ClN5O6/c1-40(2)38(41(3,4)39(40)53-28-16-13-26(23-43)31(42)22-28)46-34(49)25-11-14-27(15-12-25)44-20-8-6-5-7-9-24-10-17-29-30(21-24)37(52)47(36(29)51)32-18-19-33(48)45-35(32)50/h10-17,21-22,32,38-39,44H,5-6,8,18-20H2,1-4H3,(H,46,49)(H,45,48,50)/t32?,38-,39-. The first-order chi connectivity index (χ1) is 25.2. The van der Waals surface area contributed by atoms with Gasteiger partial charge in [-0.1, -0.05) is 51.1 Å². The monoisotopic (exact) mass is 733 g/mol. The third-order valence-corrected chi connectivity index (χ3v) is 10.6. The molecular weight excluding hydrogens is 694 g/mol. The Balaban J connectivity index is 0.940. The number of imide groups is 2. The van der Waals surface area contributed by atoms with Gasteiger partial charge in [-0.3, -0.25) is 34.2 Å². The van der Waals surface area contributed by atoms with Crippen LogP contribution in [-0.2, 0) is 9.59 Å². The number of piperidine rings is 1. The average molecular weight is 734 g/mol. The van der Waals surface area contributed by atoms with Gasteiger partial charge in [-0.15, -0.1) is 0 Å². The lowest BCUT2D eigenvalue weighted by Crippen LogP contribution is -2.74. The molecule has 3 aromatic rings. The maximum atomic E-state index is 13.3. The van der Waals surface area contributed by atoms with Crippen molar-refractivity contribution in [1.29, 1.82) is 5.26 Å². The molecular formula is C41H40ClN5O6. The zero-order chi connectivity index (χ0) is 38.1. The summed E-state index contributed by atoms with van der Waals surface area (Å²) in [6, 6.07) is 18.1. The molecule has 11 nitrogen and oxygen atoms in total. The molecule has 1 unspecified atom stereocenters. The number of unbranched alkanes of at least 4 members (excludes halogenated alkanes) is 2. The fourth-order valence-corrected chi connectivity index (χ4v) is 8.05. The molecule has 1 aliphatic carbocycles. The van der Waals surface area contributed by atoms with E-state index in [4.69, 9.17) is 21.6 Å². The summed E-state index contributed by atoms with van der Waals surface area (Å²) in [6.45, 7) is 8.98. The Morgan fingerprint density at radius 3 is 2.36 bits per heavy atom. The summed E-state index contributed by atoms with van der Waals surface area (Å²) in [4.78, 5) is 63.9. The van der Waals surface area contributed by atoms with E-state index in [1.165, 1.54) is 0 Å². The summed E-state index contributed by atoms with van der Waals surface area (Å²) in [5.74, 6) is 4.45. The van der Waals surface area contributed by atoms with E-state index in [0.29, 0.717) is 33.9 Å². The second kappa shape index (κ2) is 14.8. The average Bonchev–Trinajstić information content (AvgIpc) is 3.37. The Hall–Kier alpha value is -5.65. The first kappa shape index (κ1) is 37.1. The maximum Gasteiger partial charge on any atom is 0.262 e. The molecule has 53 heavy (non-hydrogen) atoms. The van der Waals surface area contributed by atoms with Crippen molar-refractivity contribution in [3.05, 3.63) is 93.5 Å². The van der Waals surface area contributed by atoms with Gasteiger partial charge < -0.3 is 15.4 Å². The molecule has 272 valence electrons. The van der Waals surface area contributed by atoms with Crippen LogP contribution in [0.4, 0.5) is 5.69 Å². The molecule has 3 aliphatic rings. The van der Waals surface area contributed by atoms with E-state index in [1.54, 1.807) is 48.5 Å². The van der Waals surface area contributed by atoms with Crippen molar-refractivity contribution in [2.24, 2.45) is 10.8 Å². The van der Waals surface area contributed by atoms with Crippen LogP contribution in [0.15, 0.2) is 60.7 Å². The van der Waals surface area contributed by atoms with Gasteiger partial charge in [0.1, 0.15) is 24.0 Å². The van der Waals surface area contributed by atoms with Crippen LogP contribution >= 0.6 is 11.6 Å². The second-order valence-electron chi connectivity index (χ2n) is 14.8. The fourth-order valence-electron chi connectivity index (χ4n) is 7.83. The normalized spacial score (nSPS) is 21.0. The van der Waals surface area contributed by atoms with Crippen molar-refractivity contribution >= 4 is 46.8 Å². The maximum absolute atomic E-state index is 13.3. The molecule has 1 saturated heterocycles. The molecule has 0 bridgehead atoms. The fraction of sp³-hybridized carbons (Fsp3) is 0.366. The van der Waals surface area contributed by atoms with Gasteiger partial charge in [-0.05, 0) is 73.9 Å². The third kappa shape index (κ3) is 7.35. The summed E-state index contributed by atoms with van der Waals surface area (Å²) in [6.07, 6.45) is 2.31. The quantitative estimate of drug-likeness (QED) is 0.133. The van der Waals surface area contributed by atoms with Gasteiger partial charge in [0.25, 0.3) is 17.7 Å². The van der Waals surface area contributed by atoms with Gasteiger partial charge in [-0.25, -0.2) is 0 Å². The van der Waals surface area contributed by atoms with Gasteiger partial charge in [0.05, 0.1) is 21.7 Å². The van der Waals surface area contributed by atoms with Gasteiger partial charge in [0.2, 0.25) is 11.8 Å². The van der Waals surface area contributed by atoms with Gasteiger partial charge in [0, 0.05) is 59.1 Å². The van der Waals surface area contributed by atoms with Crippen molar-refractivity contribution in [3.8, 4) is 23.7 Å². The number of amides is 5. The van der Waals surface area contributed by atoms with Crippen molar-refractivity contribution in [3.63, 3.8) is 0 Å². The molecule has 12 heteroatoms. The molecule has 2 aliphatic heterocycles. The Labute approximate surface area is 313 Å². The predicted octanol–water partition coefficient (Wildman–Crippen LogP) is 5.86. The van der Waals surface area contributed by atoms with E-state index >= 15 is 0 Å². The highest BCUT2D eigenvalue weighted by Gasteiger charge is 2.64. The Morgan fingerprint density at radius 2 is 1.68 bits per heavy atom. The molecule has 0 radical (unpaired) electrons. The molecule has 3 N–H and O–H groups in total. The van der Waals surface area contributed by atoms with Gasteiger partial charge in [-0.2, -0.15) is 5.26 Å². The van der Waals surface area contributed by atoms with E-state index in [1.807, 2.05) is 12.1 Å². The van der Waals surface area contributed by atoms with Crippen LogP contribution in [0.1, 0.15) is 102 Å². The summed E-state index contributed by atoms with van der Waals surface area (Å²) in [5, 5.41) is 18.3. The lowest BCUT2D eigenvalue weighted by Gasteiger charge is -2.63. The van der Waals surface area contributed by atoms with E-state index < -0.39 is 29.7 Å². The van der Waals surface area contributed by atoms with Crippen LogP contribution in [0.2, 0.25) is 5.02 Å². The Bertz CT molecular complexity index is 2090. The number of hydrogen-bond acceptors (Lipinski definition) is 8. The van der Waals surface area contributed by atoms with Gasteiger partial charge >= 0.3 is 0 Å². The predicted molar refractivity (Wildman–Crippen MR) is 198 cm³/mol. The molecule has 5 amide bonds. The Kier molecular flexibility index (Phi) is 10.3. The first-order valence-corrected chi connectivity index (χ1v) is 18.0.